The van der Waals surface area contributed by atoms with Gasteiger partial charge in [-0.05, 0) is 44.1 Å². The molecule has 18 heavy (non-hydrogen) atoms. The molecule has 1 unspecified atom stereocenters. The summed E-state index contributed by atoms with van der Waals surface area (Å²) < 4.78 is 0. The van der Waals surface area contributed by atoms with E-state index in [-0.39, 0.29) is 5.91 Å². The van der Waals surface area contributed by atoms with Crippen LogP contribution in [0.15, 0.2) is 0 Å². The fourth-order valence-electron chi connectivity index (χ4n) is 2.93. The van der Waals surface area contributed by atoms with E-state index < -0.39 is 0 Å². The number of amides is 1. The second-order valence-electron chi connectivity index (χ2n) is 6.69. The van der Waals surface area contributed by atoms with Crippen molar-refractivity contribution >= 4 is 5.91 Å². The molecule has 0 aromatic rings. The first kappa shape index (κ1) is 13.9. The lowest BCUT2D eigenvalue weighted by Gasteiger charge is -2.39. The number of hydrogen-bond acceptors (Lipinski definition) is 2. The van der Waals surface area contributed by atoms with Crippen LogP contribution in [0.1, 0.15) is 65.2 Å². The molecule has 2 rings (SSSR count). The predicted molar refractivity (Wildman–Crippen MR) is 74.4 cm³/mol. The molecule has 0 aromatic carbocycles. The van der Waals surface area contributed by atoms with Gasteiger partial charge < -0.3 is 10.6 Å². The van der Waals surface area contributed by atoms with E-state index in [1.54, 1.807) is 0 Å². The molecule has 1 atom stereocenters. The molecule has 1 amide bonds. The van der Waals surface area contributed by atoms with Gasteiger partial charge in [0.15, 0.2) is 0 Å². The minimum Gasteiger partial charge on any atom is -0.353 e. The number of rotatable bonds is 6. The zero-order valence-corrected chi connectivity index (χ0v) is 11.9. The summed E-state index contributed by atoms with van der Waals surface area (Å²) in [5, 5.41) is 6.70. The molecule has 104 valence electrons. The van der Waals surface area contributed by atoms with Crippen molar-refractivity contribution in [2.75, 3.05) is 6.54 Å². The minimum absolute atomic E-state index is 0.238. The lowest BCUT2D eigenvalue weighted by atomic mass is 9.73. The van der Waals surface area contributed by atoms with Crippen LogP contribution in [0.5, 0.6) is 0 Å². The van der Waals surface area contributed by atoms with Crippen molar-refractivity contribution in [3.05, 3.63) is 0 Å². The summed E-state index contributed by atoms with van der Waals surface area (Å²) in [6.45, 7) is 5.71. The van der Waals surface area contributed by atoms with Crippen LogP contribution in [0.25, 0.3) is 0 Å². The Morgan fingerprint density at radius 1 is 1.22 bits per heavy atom. The Labute approximate surface area is 111 Å². The van der Waals surface area contributed by atoms with Crippen LogP contribution in [0.2, 0.25) is 0 Å². The van der Waals surface area contributed by atoms with Crippen LogP contribution in [-0.4, -0.2) is 24.5 Å². The zero-order chi connectivity index (χ0) is 13.0. The minimum atomic E-state index is 0.238. The molecule has 0 spiro atoms. The smallest absolute Gasteiger partial charge is 0.220 e. The van der Waals surface area contributed by atoms with Crippen LogP contribution in [0.4, 0.5) is 0 Å². The van der Waals surface area contributed by atoms with Gasteiger partial charge in [0, 0.05) is 18.5 Å². The molecule has 0 radical (unpaired) electrons. The van der Waals surface area contributed by atoms with E-state index >= 15 is 0 Å². The largest absolute Gasteiger partial charge is 0.353 e. The Morgan fingerprint density at radius 2 is 2.00 bits per heavy atom. The van der Waals surface area contributed by atoms with Gasteiger partial charge in [-0.15, -0.1) is 0 Å². The standard InChI is InChI=1S/C15H28N2O/c1-15(2)10-4-3-6-13(15)16-11-5-7-14(18)17-12-8-9-12/h12-13,16H,3-11H2,1-2H3,(H,17,18). The maximum absolute atomic E-state index is 11.5. The fraction of sp³-hybridized carbons (Fsp3) is 0.933. The van der Waals surface area contributed by atoms with Gasteiger partial charge in [-0.2, -0.15) is 0 Å². The van der Waals surface area contributed by atoms with Crippen molar-refractivity contribution in [1.29, 1.82) is 0 Å². The van der Waals surface area contributed by atoms with E-state index in [1.165, 1.54) is 38.5 Å². The zero-order valence-electron chi connectivity index (χ0n) is 11.9. The maximum atomic E-state index is 11.5. The quantitative estimate of drug-likeness (QED) is 0.713. The first-order valence-electron chi connectivity index (χ1n) is 7.61. The molecule has 0 bridgehead atoms. The Hall–Kier alpha value is -0.570. The second-order valence-corrected chi connectivity index (χ2v) is 6.69. The van der Waals surface area contributed by atoms with Gasteiger partial charge in [-0.3, -0.25) is 4.79 Å². The summed E-state index contributed by atoms with van der Waals surface area (Å²) in [6.07, 6.45) is 9.34. The molecule has 2 N–H and O–H groups in total. The molecular formula is C15H28N2O. The Balaban J connectivity index is 1.57. The van der Waals surface area contributed by atoms with Gasteiger partial charge >= 0.3 is 0 Å². The molecule has 2 aliphatic carbocycles. The number of carbonyl (C=O) groups excluding carboxylic acids is 1. The number of nitrogens with one attached hydrogen (secondary N) is 2. The lowest BCUT2D eigenvalue weighted by Crippen LogP contribution is -2.44. The number of carbonyl (C=O) groups is 1. The summed E-state index contributed by atoms with van der Waals surface area (Å²) in [4.78, 5) is 11.5. The van der Waals surface area contributed by atoms with E-state index in [0.717, 1.165) is 13.0 Å². The topological polar surface area (TPSA) is 41.1 Å². The van der Waals surface area contributed by atoms with Crippen molar-refractivity contribution in [1.82, 2.24) is 10.6 Å². The molecule has 0 saturated heterocycles. The Kier molecular flexibility index (Phi) is 4.66. The highest BCUT2D eigenvalue weighted by Gasteiger charge is 2.31. The van der Waals surface area contributed by atoms with Gasteiger partial charge in [0.25, 0.3) is 0 Å². The molecule has 0 aliphatic heterocycles. The second kappa shape index (κ2) is 6.05. The molecule has 0 aromatic heterocycles. The van der Waals surface area contributed by atoms with E-state index in [0.29, 0.717) is 23.9 Å². The Bertz CT molecular complexity index is 284. The first-order chi connectivity index (χ1) is 8.58. The highest BCUT2D eigenvalue weighted by molar-refractivity contribution is 5.76. The predicted octanol–water partition coefficient (Wildman–Crippen LogP) is 2.60. The summed E-state index contributed by atoms with van der Waals surface area (Å²) in [6, 6.07) is 1.14. The van der Waals surface area contributed by atoms with Crippen molar-refractivity contribution in [3.8, 4) is 0 Å². The molecule has 0 heterocycles. The van der Waals surface area contributed by atoms with Crippen LogP contribution in [0.3, 0.4) is 0 Å². The lowest BCUT2D eigenvalue weighted by molar-refractivity contribution is -0.121. The number of hydrogen-bond donors (Lipinski definition) is 2. The van der Waals surface area contributed by atoms with Crippen molar-refractivity contribution in [2.24, 2.45) is 5.41 Å². The van der Waals surface area contributed by atoms with E-state index in [2.05, 4.69) is 24.5 Å². The van der Waals surface area contributed by atoms with Crippen LogP contribution >= 0.6 is 0 Å². The van der Waals surface area contributed by atoms with Crippen LogP contribution < -0.4 is 10.6 Å². The molecule has 2 saturated carbocycles. The van der Waals surface area contributed by atoms with Gasteiger partial charge in [-0.1, -0.05) is 26.7 Å². The van der Waals surface area contributed by atoms with E-state index in [1.807, 2.05) is 0 Å². The monoisotopic (exact) mass is 252 g/mol. The average Bonchev–Trinajstić information content (AvgIpc) is 3.09. The third kappa shape index (κ3) is 4.27. The highest BCUT2D eigenvalue weighted by Crippen LogP contribution is 2.35. The van der Waals surface area contributed by atoms with Crippen molar-refractivity contribution in [2.45, 2.75) is 77.3 Å². The normalized spacial score (nSPS) is 26.9. The van der Waals surface area contributed by atoms with Crippen molar-refractivity contribution < 1.29 is 4.79 Å². The third-order valence-electron chi connectivity index (χ3n) is 4.42. The van der Waals surface area contributed by atoms with Gasteiger partial charge in [0.05, 0.1) is 0 Å². The first-order valence-corrected chi connectivity index (χ1v) is 7.61. The summed E-state index contributed by atoms with van der Waals surface area (Å²) in [7, 11) is 0. The maximum Gasteiger partial charge on any atom is 0.220 e. The van der Waals surface area contributed by atoms with Crippen LogP contribution in [-0.2, 0) is 4.79 Å². The molecule has 2 aliphatic rings. The fourth-order valence-corrected chi connectivity index (χ4v) is 2.93. The summed E-state index contributed by atoms with van der Waals surface area (Å²) in [5.74, 6) is 0.238. The SMILES string of the molecule is CC1(C)CCCCC1NCCCC(=O)NC1CC1. The molecule has 3 nitrogen and oxygen atoms in total. The van der Waals surface area contributed by atoms with Gasteiger partial charge in [0.1, 0.15) is 0 Å². The molecular weight excluding hydrogens is 224 g/mol. The average molecular weight is 252 g/mol. The van der Waals surface area contributed by atoms with Gasteiger partial charge in [-0.25, -0.2) is 0 Å². The summed E-state index contributed by atoms with van der Waals surface area (Å²) >= 11 is 0. The Morgan fingerprint density at radius 3 is 2.67 bits per heavy atom. The summed E-state index contributed by atoms with van der Waals surface area (Å²) in [5.41, 5.74) is 0.425. The highest BCUT2D eigenvalue weighted by atomic mass is 16.1. The molecule has 3 heteroatoms. The van der Waals surface area contributed by atoms with Gasteiger partial charge in [0.2, 0.25) is 5.91 Å². The van der Waals surface area contributed by atoms with Crippen LogP contribution in [0, 0.1) is 5.41 Å². The van der Waals surface area contributed by atoms with Crippen molar-refractivity contribution in [3.63, 3.8) is 0 Å². The molecule has 2 fully saturated rings. The van der Waals surface area contributed by atoms with E-state index in [4.69, 9.17) is 0 Å². The van der Waals surface area contributed by atoms with E-state index in [9.17, 15) is 4.79 Å². The third-order valence-corrected chi connectivity index (χ3v) is 4.42.